The largest absolute Gasteiger partial charge is 0.359 e. The zero-order valence-electron chi connectivity index (χ0n) is 21.1. The van der Waals surface area contributed by atoms with Crippen molar-refractivity contribution in [2.75, 3.05) is 20.3 Å². The Morgan fingerprint density at radius 3 is 2.94 bits per heavy atom. The van der Waals surface area contributed by atoms with E-state index in [9.17, 15) is 4.39 Å². The molecule has 2 aromatic rings. The summed E-state index contributed by atoms with van der Waals surface area (Å²) in [5.74, 6) is 1.09. The monoisotopic (exact) mass is 472 g/mol. The average Bonchev–Trinajstić information content (AvgIpc) is 3.38. The van der Waals surface area contributed by atoms with Gasteiger partial charge in [0.05, 0.1) is 11.2 Å². The van der Waals surface area contributed by atoms with Crippen LogP contribution in [0.5, 0.6) is 0 Å². The standard InChI is InChI=1S/C31H37FN2O/c1-29-11-9-25-18-24-5-6-26(34(2)16-14-32)19-30(24)12-13-31(25,35-30)28(29)8-7-27(29)22-4-3-21-10-15-33-20-23(21)17-22/h3-4,9-10,15,17-18,20,26-28H,5-8,11-14,16,19H2,1-2H3. The van der Waals surface area contributed by atoms with Crippen LogP contribution in [0.4, 0.5) is 4.39 Å². The van der Waals surface area contributed by atoms with Crippen molar-refractivity contribution in [1.29, 1.82) is 0 Å². The molecule has 1 saturated heterocycles. The van der Waals surface area contributed by atoms with Crippen LogP contribution in [-0.2, 0) is 4.74 Å². The third-order valence-corrected chi connectivity index (χ3v) is 10.8. The van der Waals surface area contributed by atoms with E-state index in [1.165, 1.54) is 40.3 Å². The molecule has 2 saturated carbocycles. The van der Waals surface area contributed by atoms with Gasteiger partial charge in [-0.15, -0.1) is 0 Å². The highest BCUT2D eigenvalue weighted by molar-refractivity contribution is 5.82. The van der Waals surface area contributed by atoms with E-state index in [1.54, 1.807) is 0 Å². The zero-order valence-corrected chi connectivity index (χ0v) is 21.1. The lowest BCUT2D eigenvalue weighted by Crippen LogP contribution is -2.55. The number of ether oxygens (including phenoxy) is 1. The molecule has 1 aromatic heterocycles. The van der Waals surface area contributed by atoms with E-state index in [2.05, 4.69) is 60.3 Å². The maximum atomic E-state index is 13.1. The van der Waals surface area contributed by atoms with Gasteiger partial charge in [0.25, 0.3) is 0 Å². The average molecular weight is 473 g/mol. The molecule has 1 aromatic carbocycles. The Bertz CT molecular complexity index is 1240. The predicted molar refractivity (Wildman–Crippen MR) is 138 cm³/mol. The number of alkyl halides is 1. The summed E-state index contributed by atoms with van der Waals surface area (Å²) in [6.07, 6.45) is 18.0. The van der Waals surface area contributed by atoms with Gasteiger partial charge in [-0.3, -0.25) is 4.98 Å². The second-order valence-corrected chi connectivity index (χ2v) is 12.3. The van der Waals surface area contributed by atoms with Crippen molar-refractivity contribution in [3.63, 3.8) is 0 Å². The second kappa shape index (κ2) is 7.73. The van der Waals surface area contributed by atoms with Gasteiger partial charge in [-0.25, -0.2) is 4.39 Å². The first-order valence-corrected chi connectivity index (χ1v) is 13.7. The molecular formula is C31H37FN2O. The lowest BCUT2D eigenvalue weighted by molar-refractivity contribution is -0.140. The molecule has 0 amide bonds. The van der Waals surface area contributed by atoms with E-state index >= 15 is 0 Å². The Morgan fingerprint density at radius 2 is 2.06 bits per heavy atom. The van der Waals surface area contributed by atoms with Gasteiger partial charge in [-0.2, -0.15) is 0 Å². The Hall–Kier alpha value is -2.04. The summed E-state index contributed by atoms with van der Waals surface area (Å²) in [4.78, 5) is 6.60. The van der Waals surface area contributed by atoms with Crippen LogP contribution < -0.4 is 0 Å². The van der Waals surface area contributed by atoms with E-state index in [4.69, 9.17) is 4.74 Å². The molecule has 6 unspecified atom stereocenters. The normalized spacial score (nSPS) is 39.7. The molecule has 2 aliphatic heterocycles. The fraction of sp³-hybridized carbons (Fsp3) is 0.581. The number of rotatable bonds is 4. The minimum atomic E-state index is -0.271. The lowest BCUT2D eigenvalue weighted by Gasteiger charge is -2.55. The van der Waals surface area contributed by atoms with Crippen LogP contribution in [0.15, 0.2) is 60.0 Å². The molecule has 3 fully saturated rings. The number of benzene rings is 1. The molecule has 4 heteroatoms. The minimum absolute atomic E-state index is 0.129. The Morgan fingerprint density at radius 1 is 1.14 bits per heavy atom. The maximum absolute atomic E-state index is 13.1. The fourth-order valence-electron chi connectivity index (χ4n) is 8.94. The number of aromatic nitrogens is 1. The van der Waals surface area contributed by atoms with E-state index in [1.807, 2.05) is 12.4 Å². The number of pyridine rings is 1. The Kier molecular flexibility index (Phi) is 4.90. The van der Waals surface area contributed by atoms with Crippen LogP contribution in [-0.4, -0.2) is 47.4 Å². The highest BCUT2D eigenvalue weighted by Gasteiger charge is 2.66. The van der Waals surface area contributed by atoms with Crippen molar-refractivity contribution in [1.82, 2.24) is 9.88 Å². The number of hydrogen-bond acceptors (Lipinski definition) is 3. The van der Waals surface area contributed by atoms with Gasteiger partial charge in [-0.1, -0.05) is 31.2 Å². The summed E-state index contributed by atoms with van der Waals surface area (Å²) in [7, 11) is 2.09. The van der Waals surface area contributed by atoms with E-state index in [0.717, 1.165) is 38.5 Å². The zero-order chi connectivity index (χ0) is 23.8. The first-order valence-electron chi connectivity index (χ1n) is 13.7. The number of nitrogens with zero attached hydrogens (tertiary/aromatic N) is 2. The topological polar surface area (TPSA) is 25.4 Å². The van der Waals surface area contributed by atoms with Crippen molar-refractivity contribution >= 4 is 10.8 Å². The molecule has 7 rings (SSSR count). The van der Waals surface area contributed by atoms with Crippen LogP contribution in [0.1, 0.15) is 69.8 Å². The van der Waals surface area contributed by atoms with Crippen LogP contribution in [0, 0.1) is 11.3 Å². The highest BCUT2D eigenvalue weighted by Crippen LogP contribution is 2.69. The van der Waals surface area contributed by atoms with Crippen LogP contribution in [0.3, 0.4) is 0 Å². The molecule has 3 nitrogen and oxygen atoms in total. The van der Waals surface area contributed by atoms with E-state index in [-0.39, 0.29) is 23.3 Å². The minimum Gasteiger partial charge on any atom is -0.359 e. The summed E-state index contributed by atoms with van der Waals surface area (Å²) >= 11 is 0. The van der Waals surface area contributed by atoms with E-state index in [0.29, 0.717) is 24.4 Å². The molecule has 5 aliphatic rings. The van der Waals surface area contributed by atoms with Gasteiger partial charge in [0.2, 0.25) is 0 Å². The van der Waals surface area contributed by atoms with Gasteiger partial charge in [-0.05, 0) is 110 Å². The first-order chi connectivity index (χ1) is 17.0. The number of halogens is 1. The fourth-order valence-corrected chi connectivity index (χ4v) is 8.94. The van der Waals surface area contributed by atoms with Crippen LogP contribution in [0.2, 0.25) is 0 Å². The van der Waals surface area contributed by atoms with Crippen LogP contribution in [0.25, 0.3) is 10.8 Å². The highest BCUT2D eigenvalue weighted by atomic mass is 19.1. The van der Waals surface area contributed by atoms with Gasteiger partial charge in [0.1, 0.15) is 6.67 Å². The molecule has 0 N–H and O–H groups in total. The number of hydrogen-bond donors (Lipinski definition) is 0. The molecule has 2 spiro atoms. The number of allylic oxidation sites excluding steroid dienone is 1. The molecule has 0 radical (unpaired) electrons. The van der Waals surface area contributed by atoms with Crippen molar-refractivity contribution < 1.29 is 9.13 Å². The summed E-state index contributed by atoms with van der Waals surface area (Å²) in [6.45, 7) is 2.80. The summed E-state index contributed by atoms with van der Waals surface area (Å²) in [5, 5.41) is 2.51. The van der Waals surface area contributed by atoms with Crippen molar-refractivity contribution in [3.8, 4) is 0 Å². The summed E-state index contributed by atoms with van der Waals surface area (Å²) in [6, 6.07) is 9.55. The first kappa shape index (κ1) is 22.2. The SMILES string of the molecule is CN(CCF)C1CCC2=CC3=CCC4(C)C(c5ccc6ccncc6c5)CCC4C34CCC2(C1)O4. The van der Waals surface area contributed by atoms with Gasteiger partial charge in [0, 0.05) is 30.4 Å². The van der Waals surface area contributed by atoms with Crippen molar-refractivity contribution in [2.24, 2.45) is 11.3 Å². The molecule has 2 bridgehead atoms. The molecule has 3 aliphatic carbocycles. The molecule has 3 heterocycles. The van der Waals surface area contributed by atoms with Gasteiger partial charge >= 0.3 is 0 Å². The summed E-state index contributed by atoms with van der Waals surface area (Å²) < 4.78 is 20.5. The van der Waals surface area contributed by atoms with Crippen molar-refractivity contribution in [2.45, 2.75) is 81.5 Å². The van der Waals surface area contributed by atoms with Crippen molar-refractivity contribution in [3.05, 3.63) is 65.5 Å². The van der Waals surface area contributed by atoms with Crippen LogP contribution >= 0.6 is 0 Å². The second-order valence-electron chi connectivity index (χ2n) is 12.3. The van der Waals surface area contributed by atoms with Gasteiger partial charge < -0.3 is 9.64 Å². The molecule has 184 valence electrons. The predicted octanol–water partition coefficient (Wildman–Crippen LogP) is 6.75. The maximum Gasteiger partial charge on any atom is 0.102 e. The molecule has 35 heavy (non-hydrogen) atoms. The van der Waals surface area contributed by atoms with Gasteiger partial charge in [0.15, 0.2) is 0 Å². The summed E-state index contributed by atoms with van der Waals surface area (Å²) in [5.41, 5.74) is 4.40. The lowest BCUT2D eigenvalue weighted by atomic mass is 9.58. The third kappa shape index (κ3) is 3.05. The number of fused-ring (bicyclic) bond motifs is 2. The van der Waals surface area contributed by atoms with E-state index < -0.39 is 0 Å². The quantitative estimate of drug-likeness (QED) is 0.492. The third-order valence-electron chi connectivity index (χ3n) is 10.8. The Labute approximate surface area is 208 Å². The Balaban J connectivity index is 1.24. The molecule has 6 atom stereocenters. The smallest absolute Gasteiger partial charge is 0.102 e. The molecular weight excluding hydrogens is 435 g/mol.